The Morgan fingerprint density at radius 1 is 1.53 bits per heavy atom. The van der Waals surface area contributed by atoms with Crippen LogP contribution in [0.5, 0.6) is 0 Å². The number of amides is 1. The number of thioether (sulfide) groups is 1. The molecule has 1 aromatic heterocycles. The lowest BCUT2D eigenvalue weighted by molar-refractivity contribution is -0.122. The smallest absolute Gasteiger partial charge is 0.231 e. The fourth-order valence-corrected chi connectivity index (χ4v) is 4.08. The van der Waals surface area contributed by atoms with E-state index in [4.69, 9.17) is 0 Å². The molecule has 1 amide bonds. The number of carbonyl (C=O) groups is 1. The van der Waals surface area contributed by atoms with Gasteiger partial charge in [-0.2, -0.15) is 0 Å². The quantitative estimate of drug-likeness (QED) is 0.626. The van der Waals surface area contributed by atoms with Crippen LogP contribution in [0.3, 0.4) is 0 Å². The SMILES string of the molecule is CCSc1nnc(NC(=O)C2CN(S(C)(=O)=O)C2)s1. The second-order valence-corrected chi connectivity index (χ2v) is 8.54. The van der Waals surface area contributed by atoms with Crippen LogP contribution in [-0.4, -0.2) is 53.9 Å². The normalized spacial score (nSPS) is 17.2. The third-order valence-electron chi connectivity index (χ3n) is 2.59. The van der Waals surface area contributed by atoms with Gasteiger partial charge in [0, 0.05) is 13.1 Å². The number of nitrogens with one attached hydrogen (secondary N) is 1. The fraction of sp³-hybridized carbons (Fsp3) is 0.667. The van der Waals surface area contributed by atoms with E-state index in [0.29, 0.717) is 5.13 Å². The fourth-order valence-electron chi connectivity index (χ4n) is 1.52. The van der Waals surface area contributed by atoms with Gasteiger partial charge in [-0.25, -0.2) is 12.7 Å². The lowest BCUT2D eigenvalue weighted by Gasteiger charge is -2.35. The van der Waals surface area contributed by atoms with Crippen molar-refractivity contribution in [3.63, 3.8) is 0 Å². The predicted molar refractivity (Wildman–Crippen MR) is 74.8 cm³/mol. The molecule has 19 heavy (non-hydrogen) atoms. The summed E-state index contributed by atoms with van der Waals surface area (Å²) < 4.78 is 24.5. The van der Waals surface area contributed by atoms with Crippen molar-refractivity contribution in [1.29, 1.82) is 0 Å². The van der Waals surface area contributed by atoms with Crippen LogP contribution in [0.25, 0.3) is 0 Å². The molecule has 10 heteroatoms. The Morgan fingerprint density at radius 2 is 2.21 bits per heavy atom. The predicted octanol–water partition coefficient (Wildman–Crippen LogP) is 0.480. The molecule has 1 fully saturated rings. The molecule has 0 spiro atoms. The molecule has 1 aromatic rings. The summed E-state index contributed by atoms with van der Waals surface area (Å²) in [7, 11) is -3.18. The minimum atomic E-state index is -3.18. The topological polar surface area (TPSA) is 92.3 Å². The minimum Gasteiger partial charge on any atom is -0.300 e. The Bertz CT molecular complexity index is 565. The van der Waals surface area contributed by atoms with Crippen LogP contribution in [0.2, 0.25) is 0 Å². The summed E-state index contributed by atoms with van der Waals surface area (Å²) in [6, 6.07) is 0. The van der Waals surface area contributed by atoms with Crippen LogP contribution in [-0.2, 0) is 14.8 Å². The molecule has 0 atom stereocenters. The molecule has 0 bridgehead atoms. The average Bonchev–Trinajstić information content (AvgIpc) is 2.61. The maximum atomic E-state index is 11.8. The number of rotatable bonds is 5. The molecule has 1 aliphatic heterocycles. The van der Waals surface area contributed by atoms with Crippen LogP contribution in [0.4, 0.5) is 5.13 Å². The van der Waals surface area contributed by atoms with E-state index in [1.54, 1.807) is 11.8 Å². The molecular weight excluding hydrogens is 308 g/mol. The van der Waals surface area contributed by atoms with Crippen LogP contribution in [0.15, 0.2) is 4.34 Å². The average molecular weight is 322 g/mol. The molecule has 1 aliphatic rings. The number of hydrogen-bond acceptors (Lipinski definition) is 7. The highest BCUT2D eigenvalue weighted by atomic mass is 32.2. The lowest BCUT2D eigenvalue weighted by atomic mass is 10.0. The van der Waals surface area contributed by atoms with Crippen LogP contribution >= 0.6 is 23.1 Å². The van der Waals surface area contributed by atoms with Crippen molar-refractivity contribution in [2.75, 3.05) is 30.4 Å². The van der Waals surface area contributed by atoms with Gasteiger partial charge in [0.1, 0.15) is 0 Å². The van der Waals surface area contributed by atoms with Crippen LogP contribution in [0.1, 0.15) is 6.92 Å². The molecular formula is C9H14N4O3S3. The van der Waals surface area contributed by atoms with E-state index in [-0.39, 0.29) is 24.9 Å². The summed E-state index contributed by atoms with van der Waals surface area (Å²) >= 11 is 2.88. The van der Waals surface area contributed by atoms with Gasteiger partial charge in [0.2, 0.25) is 21.1 Å². The van der Waals surface area contributed by atoms with Gasteiger partial charge in [-0.1, -0.05) is 30.0 Å². The molecule has 0 unspecified atom stereocenters. The Balaban J connectivity index is 1.85. The first-order chi connectivity index (χ1) is 8.90. The molecule has 0 saturated carbocycles. The second-order valence-electron chi connectivity index (χ2n) is 4.07. The van der Waals surface area contributed by atoms with E-state index in [1.807, 2.05) is 6.92 Å². The Kier molecular flexibility index (Phi) is 4.43. The highest BCUT2D eigenvalue weighted by Gasteiger charge is 2.37. The van der Waals surface area contributed by atoms with Crippen molar-refractivity contribution in [2.24, 2.45) is 5.92 Å². The maximum Gasteiger partial charge on any atom is 0.231 e. The monoisotopic (exact) mass is 322 g/mol. The van der Waals surface area contributed by atoms with Gasteiger partial charge in [0.05, 0.1) is 12.2 Å². The number of sulfonamides is 1. The zero-order valence-electron chi connectivity index (χ0n) is 10.5. The largest absolute Gasteiger partial charge is 0.300 e. The number of nitrogens with zero attached hydrogens (tertiary/aromatic N) is 3. The van der Waals surface area contributed by atoms with Crippen molar-refractivity contribution < 1.29 is 13.2 Å². The first-order valence-electron chi connectivity index (χ1n) is 5.62. The van der Waals surface area contributed by atoms with Crippen molar-refractivity contribution in [2.45, 2.75) is 11.3 Å². The number of hydrogen-bond donors (Lipinski definition) is 1. The van der Waals surface area contributed by atoms with Gasteiger partial charge >= 0.3 is 0 Å². The van der Waals surface area contributed by atoms with E-state index >= 15 is 0 Å². The van der Waals surface area contributed by atoms with Crippen molar-refractivity contribution in [3.05, 3.63) is 0 Å². The van der Waals surface area contributed by atoms with E-state index in [0.717, 1.165) is 16.3 Å². The van der Waals surface area contributed by atoms with E-state index in [9.17, 15) is 13.2 Å². The summed E-state index contributed by atoms with van der Waals surface area (Å²) in [5, 5.41) is 10.9. The summed E-state index contributed by atoms with van der Waals surface area (Å²) in [4.78, 5) is 11.8. The van der Waals surface area contributed by atoms with E-state index in [2.05, 4.69) is 15.5 Å². The first kappa shape index (κ1) is 14.7. The van der Waals surface area contributed by atoms with Gasteiger partial charge in [0.25, 0.3) is 0 Å². The molecule has 7 nitrogen and oxygen atoms in total. The molecule has 0 radical (unpaired) electrons. The standard InChI is InChI=1S/C9H14N4O3S3/c1-3-17-9-12-11-8(18-9)10-7(14)6-4-13(5-6)19(2,15)16/h6H,3-5H2,1-2H3,(H,10,11,14). The highest BCUT2D eigenvalue weighted by Crippen LogP contribution is 2.26. The summed E-state index contributed by atoms with van der Waals surface area (Å²) in [5.41, 5.74) is 0. The van der Waals surface area contributed by atoms with Gasteiger partial charge in [0.15, 0.2) is 4.34 Å². The zero-order valence-corrected chi connectivity index (χ0v) is 12.9. The Hall–Kier alpha value is -0.710. The molecule has 0 aliphatic carbocycles. The number of aromatic nitrogens is 2. The number of carbonyl (C=O) groups excluding carboxylic acids is 1. The molecule has 2 rings (SSSR count). The summed E-state index contributed by atoms with van der Waals surface area (Å²) in [5.74, 6) is 0.388. The molecule has 2 heterocycles. The van der Waals surface area contributed by atoms with E-state index < -0.39 is 10.0 Å². The second kappa shape index (κ2) is 5.73. The molecule has 0 aromatic carbocycles. The van der Waals surface area contributed by atoms with Gasteiger partial charge in [-0.05, 0) is 5.75 Å². The highest BCUT2D eigenvalue weighted by molar-refractivity contribution is 8.01. The van der Waals surface area contributed by atoms with Crippen LogP contribution in [0, 0.1) is 5.92 Å². The molecule has 106 valence electrons. The summed E-state index contributed by atoms with van der Waals surface area (Å²) in [6.07, 6.45) is 1.14. The molecule has 1 N–H and O–H groups in total. The van der Waals surface area contributed by atoms with Gasteiger partial charge in [-0.3, -0.25) is 4.79 Å². The lowest BCUT2D eigenvalue weighted by Crippen LogP contribution is -2.53. The van der Waals surface area contributed by atoms with Crippen molar-refractivity contribution in [3.8, 4) is 0 Å². The minimum absolute atomic E-state index is 0.205. The first-order valence-corrected chi connectivity index (χ1v) is 9.27. The third kappa shape index (κ3) is 3.65. The van der Waals surface area contributed by atoms with E-state index in [1.165, 1.54) is 15.6 Å². The third-order valence-corrected chi connectivity index (χ3v) is 5.68. The van der Waals surface area contributed by atoms with Crippen molar-refractivity contribution >= 4 is 44.2 Å². The molecule has 1 saturated heterocycles. The Morgan fingerprint density at radius 3 is 2.79 bits per heavy atom. The Labute approximate surface area is 119 Å². The van der Waals surface area contributed by atoms with Gasteiger partial charge in [-0.15, -0.1) is 10.2 Å². The van der Waals surface area contributed by atoms with Crippen LogP contribution < -0.4 is 5.32 Å². The zero-order chi connectivity index (χ0) is 14.0. The summed E-state index contributed by atoms with van der Waals surface area (Å²) in [6.45, 7) is 2.48. The van der Waals surface area contributed by atoms with Crippen molar-refractivity contribution in [1.82, 2.24) is 14.5 Å². The maximum absolute atomic E-state index is 11.8. The van der Waals surface area contributed by atoms with Gasteiger partial charge < -0.3 is 5.32 Å². The number of anilines is 1.